The van der Waals surface area contributed by atoms with Gasteiger partial charge in [0.2, 0.25) is 0 Å². The van der Waals surface area contributed by atoms with Crippen molar-refractivity contribution in [2.75, 3.05) is 0 Å². The third-order valence-corrected chi connectivity index (χ3v) is 6.47. The third kappa shape index (κ3) is 3.59. The standard InChI is InChI=1S/C24H21FN2O3S/c1-14-18-12-21(31-22(18)27(26-14)16-8-6-7-15(25)11-16)23(28)29-20-13-24(2,3)30-19-10-5-4-9-17(19)20/h4-12,20H,13H2,1-3H3. The highest BCUT2D eigenvalue weighted by atomic mass is 32.1. The molecule has 3 heterocycles. The van der Waals surface area contributed by atoms with Crippen molar-refractivity contribution in [2.45, 2.75) is 38.9 Å². The summed E-state index contributed by atoms with van der Waals surface area (Å²) in [6.45, 7) is 5.84. The monoisotopic (exact) mass is 436 g/mol. The molecule has 0 fully saturated rings. The Morgan fingerprint density at radius 1 is 1.23 bits per heavy atom. The second-order valence-electron chi connectivity index (χ2n) is 8.30. The summed E-state index contributed by atoms with van der Waals surface area (Å²) in [7, 11) is 0. The fourth-order valence-electron chi connectivity index (χ4n) is 3.96. The van der Waals surface area contributed by atoms with Crippen LogP contribution in [0.15, 0.2) is 54.6 Å². The van der Waals surface area contributed by atoms with Crippen molar-refractivity contribution >= 4 is 27.5 Å². The SMILES string of the molecule is Cc1nn(-c2cccc(F)c2)c2sc(C(=O)OC3CC(C)(C)Oc4ccccc43)cc12. The van der Waals surface area contributed by atoms with E-state index >= 15 is 0 Å². The zero-order valence-corrected chi connectivity index (χ0v) is 18.2. The lowest BCUT2D eigenvalue weighted by Gasteiger charge is -2.37. The number of nitrogens with zero attached hydrogens (tertiary/aromatic N) is 2. The summed E-state index contributed by atoms with van der Waals surface area (Å²) >= 11 is 1.30. The first-order valence-corrected chi connectivity index (χ1v) is 10.9. The number of rotatable bonds is 3. The maximum Gasteiger partial charge on any atom is 0.349 e. The van der Waals surface area contributed by atoms with E-state index in [4.69, 9.17) is 9.47 Å². The summed E-state index contributed by atoms with van der Waals surface area (Å²) in [4.78, 5) is 14.3. The van der Waals surface area contributed by atoms with Gasteiger partial charge in [-0.05, 0) is 51.1 Å². The van der Waals surface area contributed by atoms with E-state index in [-0.39, 0.29) is 11.8 Å². The van der Waals surface area contributed by atoms with Crippen molar-refractivity contribution in [3.8, 4) is 11.4 Å². The number of hydrogen-bond donors (Lipinski definition) is 0. The van der Waals surface area contributed by atoms with E-state index in [0.717, 1.165) is 27.2 Å². The second-order valence-corrected chi connectivity index (χ2v) is 9.33. The van der Waals surface area contributed by atoms with Crippen molar-refractivity contribution in [3.63, 3.8) is 0 Å². The lowest BCUT2D eigenvalue weighted by Crippen LogP contribution is -2.36. The lowest BCUT2D eigenvalue weighted by atomic mass is 9.91. The number of benzene rings is 2. The minimum atomic E-state index is -0.437. The minimum absolute atomic E-state index is 0.337. The van der Waals surface area contributed by atoms with Crippen LogP contribution in [0.3, 0.4) is 0 Å². The highest BCUT2D eigenvalue weighted by Gasteiger charge is 2.36. The van der Waals surface area contributed by atoms with E-state index in [1.165, 1.54) is 23.5 Å². The molecule has 0 N–H and O–H groups in total. The van der Waals surface area contributed by atoms with E-state index in [9.17, 15) is 9.18 Å². The van der Waals surface area contributed by atoms with E-state index in [2.05, 4.69) is 5.10 Å². The van der Waals surface area contributed by atoms with Crippen molar-refractivity contribution in [3.05, 3.63) is 76.5 Å². The fourth-order valence-corrected chi connectivity index (χ4v) is 5.02. The molecular formula is C24H21FN2O3S. The Kier molecular flexibility index (Phi) is 4.59. The number of aryl methyl sites for hydroxylation is 1. The van der Waals surface area contributed by atoms with Gasteiger partial charge in [0.15, 0.2) is 0 Å². The number of carbonyl (C=O) groups is 1. The van der Waals surface area contributed by atoms with E-state index in [1.807, 2.05) is 45.0 Å². The fraction of sp³-hybridized carbons (Fsp3) is 0.250. The summed E-state index contributed by atoms with van der Waals surface area (Å²) in [5, 5.41) is 5.37. The smallest absolute Gasteiger partial charge is 0.349 e. The van der Waals surface area contributed by atoms with Gasteiger partial charge in [0.1, 0.15) is 33.0 Å². The molecule has 4 aromatic rings. The zero-order chi connectivity index (χ0) is 21.8. The number of para-hydroxylation sites is 1. The number of halogens is 1. The minimum Gasteiger partial charge on any atom is -0.487 e. The Hall–Kier alpha value is -3.19. The van der Waals surface area contributed by atoms with Crippen molar-refractivity contribution in [1.82, 2.24) is 9.78 Å². The molecule has 1 atom stereocenters. The maximum absolute atomic E-state index is 13.7. The first-order valence-electron chi connectivity index (χ1n) is 10.0. The van der Waals surface area contributed by atoms with Gasteiger partial charge in [0, 0.05) is 17.4 Å². The molecule has 7 heteroatoms. The Morgan fingerprint density at radius 3 is 2.84 bits per heavy atom. The molecule has 5 rings (SSSR count). The first-order chi connectivity index (χ1) is 14.8. The highest BCUT2D eigenvalue weighted by molar-refractivity contribution is 7.20. The van der Waals surface area contributed by atoms with Crippen LogP contribution in [0.1, 0.15) is 47.3 Å². The zero-order valence-electron chi connectivity index (χ0n) is 17.4. The van der Waals surface area contributed by atoms with E-state index in [0.29, 0.717) is 17.0 Å². The molecule has 31 heavy (non-hydrogen) atoms. The van der Waals surface area contributed by atoms with Crippen LogP contribution in [0.4, 0.5) is 4.39 Å². The maximum atomic E-state index is 13.7. The van der Waals surface area contributed by atoms with Gasteiger partial charge in [-0.15, -0.1) is 11.3 Å². The van der Waals surface area contributed by atoms with E-state index < -0.39 is 11.7 Å². The van der Waals surface area contributed by atoms with Crippen LogP contribution in [0.2, 0.25) is 0 Å². The molecule has 1 unspecified atom stereocenters. The molecule has 0 aliphatic carbocycles. The van der Waals surface area contributed by atoms with Crippen molar-refractivity contribution < 1.29 is 18.7 Å². The molecule has 1 aliphatic heterocycles. The van der Waals surface area contributed by atoms with Crippen LogP contribution in [-0.2, 0) is 4.74 Å². The number of thiophene rings is 1. The van der Waals surface area contributed by atoms with Gasteiger partial charge in [-0.2, -0.15) is 5.10 Å². The predicted octanol–water partition coefficient (Wildman–Crippen LogP) is 5.99. The molecular weight excluding hydrogens is 415 g/mol. The van der Waals surface area contributed by atoms with Gasteiger partial charge < -0.3 is 9.47 Å². The van der Waals surface area contributed by atoms with Crippen molar-refractivity contribution in [1.29, 1.82) is 0 Å². The number of ether oxygens (including phenoxy) is 2. The van der Waals surface area contributed by atoms with Gasteiger partial charge in [0.05, 0.1) is 11.4 Å². The largest absolute Gasteiger partial charge is 0.487 e. The van der Waals surface area contributed by atoms with Gasteiger partial charge >= 0.3 is 5.97 Å². The summed E-state index contributed by atoms with van der Waals surface area (Å²) in [5.74, 6) is 0.0187. The van der Waals surface area contributed by atoms with Gasteiger partial charge in [-0.3, -0.25) is 0 Å². The molecule has 0 radical (unpaired) electrons. The topological polar surface area (TPSA) is 53.4 Å². The second kappa shape index (κ2) is 7.20. The Morgan fingerprint density at radius 2 is 2.03 bits per heavy atom. The molecule has 2 aromatic heterocycles. The van der Waals surface area contributed by atoms with Gasteiger partial charge in [0.25, 0.3) is 0 Å². The number of esters is 1. The van der Waals surface area contributed by atoms with Gasteiger partial charge in [-0.25, -0.2) is 13.9 Å². The Bertz CT molecular complexity index is 1310. The average Bonchev–Trinajstić information content (AvgIpc) is 3.28. The number of carbonyl (C=O) groups excluding carboxylic acids is 1. The molecule has 1 aliphatic rings. The summed E-state index contributed by atoms with van der Waals surface area (Å²) in [5.41, 5.74) is 1.82. The van der Waals surface area contributed by atoms with Crippen molar-refractivity contribution in [2.24, 2.45) is 0 Å². The van der Waals surface area contributed by atoms with Crippen LogP contribution in [0.25, 0.3) is 15.9 Å². The van der Waals surface area contributed by atoms with Gasteiger partial charge in [-0.1, -0.05) is 24.3 Å². The van der Waals surface area contributed by atoms with Crippen LogP contribution in [0, 0.1) is 12.7 Å². The molecule has 0 bridgehead atoms. The number of hydrogen-bond acceptors (Lipinski definition) is 5. The number of aromatic nitrogens is 2. The summed E-state index contributed by atoms with van der Waals surface area (Å²) < 4.78 is 27.4. The Balaban J connectivity index is 1.48. The van der Waals surface area contributed by atoms with Crippen LogP contribution >= 0.6 is 11.3 Å². The van der Waals surface area contributed by atoms with E-state index in [1.54, 1.807) is 22.9 Å². The quantitative estimate of drug-likeness (QED) is 0.370. The molecule has 5 nitrogen and oxygen atoms in total. The highest BCUT2D eigenvalue weighted by Crippen LogP contribution is 2.42. The molecule has 2 aromatic carbocycles. The Labute approximate surface area is 183 Å². The molecule has 158 valence electrons. The lowest BCUT2D eigenvalue weighted by molar-refractivity contribution is -0.0158. The third-order valence-electron chi connectivity index (χ3n) is 5.38. The molecule has 0 amide bonds. The summed E-state index contributed by atoms with van der Waals surface area (Å²) in [6.07, 6.45) is 0.176. The predicted molar refractivity (Wildman–Crippen MR) is 118 cm³/mol. The average molecular weight is 437 g/mol. The molecule has 0 saturated carbocycles. The summed E-state index contributed by atoms with van der Waals surface area (Å²) in [6, 6.07) is 15.7. The number of fused-ring (bicyclic) bond motifs is 2. The molecule has 0 spiro atoms. The van der Waals surface area contributed by atoms with Crippen LogP contribution < -0.4 is 4.74 Å². The van der Waals surface area contributed by atoms with Crippen LogP contribution in [-0.4, -0.2) is 21.4 Å². The normalized spacial score (nSPS) is 17.2. The first kappa shape index (κ1) is 19.8. The van der Waals surface area contributed by atoms with Crippen LogP contribution in [0.5, 0.6) is 5.75 Å². The molecule has 0 saturated heterocycles.